The molecule has 6 nitrogen and oxygen atoms in total. The molecule has 4 rings (SSSR count). The van der Waals surface area contributed by atoms with Crippen molar-refractivity contribution in [1.82, 2.24) is 15.1 Å². The average Bonchev–Trinajstić information content (AvgIpc) is 2.99. The Morgan fingerprint density at radius 1 is 1.07 bits per heavy atom. The SMILES string of the molecule is CCc1ccc(C2CNCCN2C(=O)CN2C(=O)C3CCCCC3C2=O)cc1.Cl. The second kappa shape index (κ2) is 9.26. The molecule has 158 valence electrons. The van der Waals surface area contributed by atoms with Crippen molar-refractivity contribution in [2.45, 2.75) is 45.1 Å². The van der Waals surface area contributed by atoms with Crippen LogP contribution in [-0.2, 0) is 20.8 Å². The Bertz CT molecular complexity index is 743. The molecule has 0 spiro atoms. The fourth-order valence-electron chi connectivity index (χ4n) is 4.89. The first-order valence-electron chi connectivity index (χ1n) is 10.5. The molecule has 2 heterocycles. The van der Waals surface area contributed by atoms with Gasteiger partial charge in [0.25, 0.3) is 0 Å². The number of hydrogen-bond donors (Lipinski definition) is 1. The second-order valence-electron chi connectivity index (χ2n) is 8.16. The molecule has 7 heteroatoms. The number of carbonyl (C=O) groups is 3. The molecular formula is C22H30ClN3O3. The molecule has 0 radical (unpaired) electrons. The van der Waals surface area contributed by atoms with Crippen molar-refractivity contribution in [2.24, 2.45) is 11.8 Å². The molecule has 1 aliphatic carbocycles. The Balaban J connectivity index is 0.00000240. The molecule has 3 amide bonds. The van der Waals surface area contributed by atoms with Gasteiger partial charge in [0.15, 0.2) is 0 Å². The van der Waals surface area contributed by atoms with Crippen LogP contribution in [0.3, 0.4) is 0 Å². The summed E-state index contributed by atoms with van der Waals surface area (Å²) in [5.74, 6) is -0.806. The summed E-state index contributed by atoms with van der Waals surface area (Å²) < 4.78 is 0. The molecule has 1 saturated carbocycles. The molecule has 2 saturated heterocycles. The van der Waals surface area contributed by atoms with Crippen LogP contribution in [0.15, 0.2) is 24.3 Å². The summed E-state index contributed by atoms with van der Waals surface area (Å²) in [6, 6.07) is 8.30. The van der Waals surface area contributed by atoms with Gasteiger partial charge in [0.2, 0.25) is 17.7 Å². The highest BCUT2D eigenvalue weighted by molar-refractivity contribution is 6.07. The molecule has 3 atom stereocenters. The Hall–Kier alpha value is -1.92. The summed E-state index contributed by atoms with van der Waals surface area (Å²) in [4.78, 5) is 41.6. The van der Waals surface area contributed by atoms with E-state index in [1.165, 1.54) is 10.5 Å². The standard InChI is InChI=1S/C22H29N3O3.ClH/c1-2-15-7-9-16(10-8-15)19-13-23-11-12-24(19)20(26)14-25-21(27)17-5-3-4-6-18(17)22(25)28;/h7-10,17-19,23H,2-6,11-14H2,1H3;1H. The maximum atomic E-state index is 13.1. The van der Waals surface area contributed by atoms with Crippen LogP contribution >= 0.6 is 12.4 Å². The summed E-state index contributed by atoms with van der Waals surface area (Å²) in [7, 11) is 0. The molecule has 0 bridgehead atoms. The number of aryl methyl sites for hydroxylation is 1. The Labute approximate surface area is 178 Å². The van der Waals surface area contributed by atoms with Crippen LogP contribution < -0.4 is 5.32 Å². The minimum absolute atomic E-state index is 0. The highest BCUT2D eigenvalue weighted by atomic mass is 35.5. The predicted octanol–water partition coefficient (Wildman–Crippen LogP) is 2.32. The highest BCUT2D eigenvalue weighted by Crippen LogP contribution is 2.38. The van der Waals surface area contributed by atoms with Crippen molar-refractivity contribution in [3.05, 3.63) is 35.4 Å². The zero-order chi connectivity index (χ0) is 19.7. The summed E-state index contributed by atoms with van der Waals surface area (Å²) in [6.07, 6.45) is 4.53. The van der Waals surface area contributed by atoms with E-state index in [-0.39, 0.29) is 54.6 Å². The van der Waals surface area contributed by atoms with Crippen LogP contribution in [0.5, 0.6) is 0 Å². The molecule has 1 aromatic rings. The number of benzene rings is 1. The second-order valence-corrected chi connectivity index (χ2v) is 8.16. The summed E-state index contributed by atoms with van der Waals surface area (Å²) in [5, 5.41) is 3.36. The van der Waals surface area contributed by atoms with Crippen molar-refractivity contribution in [1.29, 1.82) is 0 Å². The van der Waals surface area contributed by atoms with Crippen LogP contribution in [0, 0.1) is 11.8 Å². The molecule has 3 fully saturated rings. The maximum absolute atomic E-state index is 13.1. The first-order chi connectivity index (χ1) is 13.6. The minimum atomic E-state index is -0.200. The largest absolute Gasteiger partial charge is 0.332 e. The monoisotopic (exact) mass is 419 g/mol. The molecule has 1 aromatic carbocycles. The van der Waals surface area contributed by atoms with Crippen molar-refractivity contribution >= 4 is 30.1 Å². The van der Waals surface area contributed by atoms with Crippen molar-refractivity contribution in [2.75, 3.05) is 26.2 Å². The van der Waals surface area contributed by atoms with Gasteiger partial charge in [-0.2, -0.15) is 0 Å². The number of fused-ring (bicyclic) bond motifs is 1. The van der Waals surface area contributed by atoms with Crippen LogP contribution in [0.4, 0.5) is 0 Å². The minimum Gasteiger partial charge on any atom is -0.332 e. The number of rotatable bonds is 4. The third-order valence-electron chi connectivity index (χ3n) is 6.56. The van der Waals surface area contributed by atoms with E-state index in [2.05, 4.69) is 36.5 Å². The van der Waals surface area contributed by atoms with E-state index in [9.17, 15) is 14.4 Å². The average molecular weight is 420 g/mol. The number of hydrogen-bond acceptors (Lipinski definition) is 4. The van der Waals surface area contributed by atoms with E-state index in [0.29, 0.717) is 13.1 Å². The van der Waals surface area contributed by atoms with Gasteiger partial charge < -0.3 is 10.2 Å². The molecule has 2 aliphatic heterocycles. The quantitative estimate of drug-likeness (QED) is 0.760. The normalized spacial score (nSPS) is 26.9. The van der Waals surface area contributed by atoms with Gasteiger partial charge in [0.05, 0.1) is 17.9 Å². The highest BCUT2D eigenvalue weighted by Gasteiger charge is 2.49. The number of nitrogens with zero attached hydrogens (tertiary/aromatic N) is 2. The van der Waals surface area contributed by atoms with E-state index in [1.807, 2.05) is 4.90 Å². The Morgan fingerprint density at radius 2 is 1.69 bits per heavy atom. The van der Waals surface area contributed by atoms with E-state index in [4.69, 9.17) is 0 Å². The Kier molecular flexibility index (Phi) is 6.96. The number of likely N-dealkylation sites (tertiary alicyclic amines) is 1. The summed E-state index contributed by atoms with van der Waals surface area (Å²) in [5.41, 5.74) is 2.35. The van der Waals surface area contributed by atoms with E-state index >= 15 is 0 Å². The topological polar surface area (TPSA) is 69.7 Å². The maximum Gasteiger partial charge on any atom is 0.243 e. The van der Waals surface area contributed by atoms with E-state index in [0.717, 1.165) is 44.2 Å². The van der Waals surface area contributed by atoms with Gasteiger partial charge in [0, 0.05) is 19.6 Å². The smallest absolute Gasteiger partial charge is 0.243 e. The van der Waals surface area contributed by atoms with Crippen molar-refractivity contribution < 1.29 is 14.4 Å². The van der Waals surface area contributed by atoms with E-state index < -0.39 is 0 Å². The lowest BCUT2D eigenvalue weighted by Crippen LogP contribution is -2.52. The van der Waals surface area contributed by atoms with Crippen LogP contribution in [0.25, 0.3) is 0 Å². The summed E-state index contributed by atoms with van der Waals surface area (Å²) >= 11 is 0. The van der Waals surface area contributed by atoms with Gasteiger partial charge in [-0.05, 0) is 30.4 Å². The van der Waals surface area contributed by atoms with Crippen molar-refractivity contribution in [3.8, 4) is 0 Å². The first-order valence-corrected chi connectivity index (χ1v) is 10.5. The predicted molar refractivity (Wildman–Crippen MR) is 113 cm³/mol. The number of imide groups is 1. The zero-order valence-electron chi connectivity index (χ0n) is 16.9. The van der Waals surface area contributed by atoms with Gasteiger partial charge in [-0.15, -0.1) is 12.4 Å². The van der Waals surface area contributed by atoms with Crippen molar-refractivity contribution in [3.63, 3.8) is 0 Å². The molecule has 3 unspecified atom stereocenters. The first kappa shape index (κ1) is 21.8. The number of halogens is 1. The number of carbonyl (C=O) groups excluding carboxylic acids is 3. The number of piperazine rings is 1. The fourth-order valence-corrected chi connectivity index (χ4v) is 4.89. The molecular weight excluding hydrogens is 390 g/mol. The van der Waals surface area contributed by atoms with Gasteiger partial charge in [-0.1, -0.05) is 44.0 Å². The third-order valence-corrected chi connectivity index (χ3v) is 6.56. The Morgan fingerprint density at radius 3 is 2.28 bits per heavy atom. The van der Waals surface area contributed by atoms with Crippen LogP contribution in [0.1, 0.15) is 49.8 Å². The lowest BCUT2D eigenvalue weighted by molar-refractivity contribution is -0.148. The molecule has 1 N–H and O–H groups in total. The third kappa shape index (κ3) is 4.19. The molecule has 0 aromatic heterocycles. The van der Waals surface area contributed by atoms with Crippen LogP contribution in [-0.4, -0.2) is 53.7 Å². The lowest BCUT2D eigenvalue weighted by Gasteiger charge is -2.37. The van der Waals surface area contributed by atoms with Gasteiger partial charge in [-0.3, -0.25) is 19.3 Å². The zero-order valence-corrected chi connectivity index (χ0v) is 17.7. The van der Waals surface area contributed by atoms with Gasteiger partial charge in [-0.25, -0.2) is 0 Å². The summed E-state index contributed by atoms with van der Waals surface area (Å²) in [6.45, 7) is 4.00. The number of amides is 3. The van der Waals surface area contributed by atoms with Crippen LogP contribution in [0.2, 0.25) is 0 Å². The lowest BCUT2D eigenvalue weighted by atomic mass is 9.81. The van der Waals surface area contributed by atoms with E-state index in [1.54, 1.807) is 0 Å². The van der Waals surface area contributed by atoms with Gasteiger partial charge in [0.1, 0.15) is 6.54 Å². The fraction of sp³-hybridized carbons (Fsp3) is 0.591. The number of nitrogens with one attached hydrogen (secondary N) is 1. The molecule has 3 aliphatic rings. The van der Waals surface area contributed by atoms with Gasteiger partial charge >= 0.3 is 0 Å². The molecule has 29 heavy (non-hydrogen) atoms.